The molecule has 21 heavy (non-hydrogen) atoms. The van der Waals surface area contributed by atoms with Crippen LogP contribution in [0.3, 0.4) is 0 Å². The van der Waals surface area contributed by atoms with Crippen LogP contribution in [-0.4, -0.2) is 56.2 Å². The van der Waals surface area contributed by atoms with Crippen LogP contribution in [-0.2, 0) is 29.2 Å². The van der Waals surface area contributed by atoms with Gasteiger partial charge in [0, 0.05) is 0 Å². The van der Waals surface area contributed by atoms with Gasteiger partial charge in [-0.25, -0.2) is 19.1 Å². The third-order valence-corrected chi connectivity index (χ3v) is 3.85. The van der Waals surface area contributed by atoms with E-state index in [1.165, 1.54) is 18.6 Å². The second-order valence-electron chi connectivity index (χ2n) is 4.13. The molecule has 2 amide bonds. The van der Waals surface area contributed by atoms with Crippen molar-refractivity contribution in [3.05, 3.63) is 0 Å². The smallest absolute Gasteiger partial charge is 0.425 e. The van der Waals surface area contributed by atoms with Crippen LogP contribution in [0.1, 0.15) is 20.8 Å². The zero-order chi connectivity index (χ0) is 16.2. The van der Waals surface area contributed by atoms with Crippen LogP contribution in [0.4, 0.5) is 9.59 Å². The number of ether oxygens (including phenoxy) is 3. The van der Waals surface area contributed by atoms with Crippen molar-refractivity contribution in [3.63, 3.8) is 0 Å². The number of nitrogens with zero attached hydrogens (tertiary/aromatic N) is 1. The summed E-state index contributed by atoms with van der Waals surface area (Å²) in [4.78, 5) is 34.0. The van der Waals surface area contributed by atoms with Gasteiger partial charge in [0.15, 0.2) is 6.10 Å². The van der Waals surface area contributed by atoms with Gasteiger partial charge in [0.2, 0.25) is 0 Å². The molecule has 0 spiro atoms. The van der Waals surface area contributed by atoms with E-state index < -0.39 is 40.5 Å². The van der Waals surface area contributed by atoms with Crippen LogP contribution >= 0.6 is 0 Å². The van der Waals surface area contributed by atoms with Crippen LogP contribution in [0.5, 0.6) is 0 Å². The standard InChI is InChI=1S/C10H16N2O8S/c1-4-18-8(13)7(3)20-9(14)11-21(16,17)12-6(2)5-19-10(12)15/h6-7H,4-5H2,1-3H3,(H,11,14)/t6-,7-/m0/s1. The number of hydrogen-bond donors (Lipinski definition) is 1. The molecule has 0 unspecified atom stereocenters. The Bertz CT molecular complexity index is 531. The second kappa shape index (κ2) is 6.61. The van der Waals surface area contributed by atoms with Crippen LogP contribution < -0.4 is 4.72 Å². The lowest BCUT2D eigenvalue weighted by Crippen LogP contribution is -2.47. The molecule has 10 nitrogen and oxygen atoms in total. The molecule has 2 atom stereocenters. The van der Waals surface area contributed by atoms with Crippen molar-refractivity contribution in [2.75, 3.05) is 13.2 Å². The summed E-state index contributed by atoms with van der Waals surface area (Å²) in [7, 11) is -4.46. The van der Waals surface area contributed by atoms with Crippen LogP contribution in [0.2, 0.25) is 0 Å². The van der Waals surface area contributed by atoms with Gasteiger partial charge < -0.3 is 14.2 Å². The molecule has 0 radical (unpaired) electrons. The molecule has 0 aromatic rings. The minimum absolute atomic E-state index is 0.0869. The van der Waals surface area contributed by atoms with Crippen molar-refractivity contribution >= 4 is 28.4 Å². The lowest BCUT2D eigenvalue weighted by molar-refractivity contribution is -0.152. The van der Waals surface area contributed by atoms with Gasteiger partial charge in [0.25, 0.3) is 0 Å². The van der Waals surface area contributed by atoms with Gasteiger partial charge >= 0.3 is 28.4 Å². The summed E-state index contributed by atoms with van der Waals surface area (Å²) in [6.07, 6.45) is -3.79. The lowest BCUT2D eigenvalue weighted by atomic mass is 10.4. The third kappa shape index (κ3) is 4.21. The summed E-state index contributed by atoms with van der Waals surface area (Å²) in [5.74, 6) is -0.820. The predicted octanol–water partition coefficient (Wildman–Crippen LogP) is -0.250. The third-order valence-electron chi connectivity index (χ3n) is 2.40. The van der Waals surface area contributed by atoms with E-state index in [0.717, 1.165) is 0 Å². The Morgan fingerprint density at radius 3 is 2.62 bits per heavy atom. The van der Waals surface area contributed by atoms with E-state index in [-0.39, 0.29) is 13.2 Å². The van der Waals surface area contributed by atoms with Crippen LogP contribution in [0.25, 0.3) is 0 Å². The highest BCUT2D eigenvalue weighted by Gasteiger charge is 2.40. The van der Waals surface area contributed by atoms with E-state index in [9.17, 15) is 22.8 Å². The minimum atomic E-state index is -4.46. The number of nitrogens with one attached hydrogen (secondary N) is 1. The normalized spacial score (nSPS) is 19.7. The van der Waals surface area contributed by atoms with Crippen molar-refractivity contribution in [2.24, 2.45) is 0 Å². The first-order valence-corrected chi connectivity index (χ1v) is 7.49. The Balaban J connectivity index is 2.65. The highest BCUT2D eigenvalue weighted by molar-refractivity contribution is 7.88. The first-order chi connectivity index (χ1) is 9.69. The Morgan fingerprint density at radius 2 is 2.14 bits per heavy atom. The summed E-state index contributed by atoms with van der Waals surface area (Å²) in [6, 6.07) is -0.759. The molecule has 0 aromatic heterocycles. The molecule has 1 heterocycles. The maximum absolute atomic E-state index is 11.8. The number of amides is 2. The average molecular weight is 324 g/mol. The highest BCUT2D eigenvalue weighted by atomic mass is 32.2. The Hall–Kier alpha value is -2.04. The summed E-state index contributed by atoms with van der Waals surface area (Å²) in [5.41, 5.74) is 0. The molecule has 1 saturated heterocycles. The van der Waals surface area contributed by atoms with Gasteiger partial charge in [-0.05, 0) is 20.8 Å². The van der Waals surface area contributed by atoms with E-state index >= 15 is 0 Å². The SMILES string of the molecule is CCOC(=O)[C@H](C)OC(=O)NS(=O)(=O)N1C(=O)OC[C@@H]1C. The van der Waals surface area contributed by atoms with Crippen molar-refractivity contribution in [2.45, 2.75) is 32.9 Å². The van der Waals surface area contributed by atoms with Gasteiger partial charge in [-0.1, -0.05) is 0 Å². The molecule has 0 aromatic carbocycles. The maximum Gasteiger partial charge on any atom is 0.425 e. The van der Waals surface area contributed by atoms with Crippen molar-refractivity contribution in [3.8, 4) is 0 Å². The monoisotopic (exact) mass is 324 g/mol. The van der Waals surface area contributed by atoms with E-state index in [2.05, 4.69) is 14.2 Å². The lowest BCUT2D eigenvalue weighted by Gasteiger charge is -2.19. The van der Waals surface area contributed by atoms with Crippen molar-refractivity contribution < 1.29 is 37.0 Å². The number of carbonyl (C=O) groups is 3. The Kier molecular flexibility index (Phi) is 5.35. The van der Waals surface area contributed by atoms with Gasteiger partial charge in [0.05, 0.1) is 12.6 Å². The second-order valence-corrected chi connectivity index (χ2v) is 5.68. The molecule has 1 N–H and O–H groups in total. The molecule has 0 saturated carbocycles. The number of rotatable bonds is 5. The van der Waals surface area contributed by atoms with E-state index in [1.807, 2.05) is 0 Å². The molecule has 0 aliphatic carbocycles. The molecule has 0 bridgehead atoms. The van der Waals surface area contributed by atoms with Crippen LogP contribution in [0, 0.1) is 0 Å². The zero-order valence-corrected chi connectivity index (χ0v) is 12.5. The molecular weight excluding hydrogens is 308 g/mol. The molecule has 1 aliphatic heterocycles. The van der Waals surface area contributed by atoms with Crippen LogP contribution in [0.15, 0.2) is 0 Å². The fraction of sp³-hybridized carbons (Fsp3) is 0.700. The topological polar surface area (TPSA) is 128 Å². The molecule has 1 rings (SSSR count). The van der Waals surface area contributed by atoms with E-state index in [1.54, 1.807) is 6.92 Å². The fourth-order valence-corrected chi connectivity index (χ4v) is 2.63. The van der Waals surface area contributed by atoms with Crippen molar-refractivity contribution in [1.29, 1.82) is 0 Å². The zero-order valence-electron chi connectivity index (χ0n) is 11.7. The number of hydrogen-bond acceptors (Lipinski definition) is 8. The number of esters is 1. The molecule has 120 valence electrons. The van der Waals surface area contributed by atoms with E-state index in [0.29, 0.717) is 4.31 Å². The highest BCUT2D eigenvalue weighted by Crippen LogP contribution is 2.15. The summed E-state index contributed by atoms with van der Waals surface area (Å²) >= 11 is 0. The molecule has 1 aliphatic rings. The Labute approximate surface area is 121 Å². The van der Waals surface area contributed by atoms with Gasteiger partial charge in [0.1, 0.15) is 6.61 Å². The predicted molar refractivity (Wildman–Crippen MR) is 67.3 cm³/mol. The van der Waals surface area contributed by atoms with Crippen molar-refractivity contribution in [1.82, 2.24) is 9.03 Å². The average Bonchev–Trinajstić information content (AvgIpc) is 2.68. The van der Waals surface area contributed by atoms with E-state index in [4.69, 9.17) is 0 Å². The first-order valence-electron chi connectivity index (χ1n) is 6.05. The van der Waals surface area contributed by atoms with Gasteiger partial charge in [-0.2, -0.15) is 12.7 Å². The quantitative estimate of drug-likeness (QED) is 0.541. The molecule has 1 fully saturated rings. The van der Waals surface area contributed by atoms with Gasteiger partial charge in [-0.3, -0.25) is 0 Å². The maximum atomic E-state index is 11.8. The largest absolute Gasteiger partial charge is 0.463 e. The number of cyclic esters (lactones) is 1. The summed E-state index contributed by atoms with van der Waals surface area (Å²) in [5, 5.41) is 0. The molecular formula is C10H16N2O8S. The Morgan fingerprint density at radius 1 is 1.52 bits per heavy atom. The summed E-state index contributed by atoms with van der Waals surface area (Å²) < 4.78 is 39.2. The molecule has 11 heteroatoms. The first kappa shape index (κ1) is 17.0. The minimum Gasteiger partial charge on any atom is -0.463 e. The van der Waals surface area contributed by atoms with Gasteiger partial charge in [-0.15, -0.1) is 0 Å². The number of carbonyl (C=O) groups excluding carboxylic acids is 3. The fourth-order valence-electron chi connectivity index (χ4n) is 1.48. The summed E-state index contributed by atoms with van der Waals surface area (Å²) in [6.45, 7) is 4.18.